The largest absolute Gasteiger partial charge is 0.217 e. The fraction of sp³-hybridized carbons (Fsp3) is 0.192. The van der Waals surface area contributed by atoms with Crippen LogP contribution in [0.2, 0.25) is 0 Å². The minimum absolute atomic E-state index is 0.0846. The first kappa shape index (κ1) is 45.2. The Morgan fingerprint density at radius 3 is 1.01 bits per heavy atom. The lowest BCUT2D eigenvalue weighted by Crippen LogP contribution is -2.15. The second-order valence-corrected chi connectivity index (χ2v) is 25.3. The molecule has 2 aliphatic carbocycles. The van der Waals surface area contributed by atoms with Crippen molar-refractivity contribution in [3.8, 4) is 67.3 Å². The molecule has 0 aliphatic heterocycles. The van der Waals surface area contributed by atoms with Crippen molar-refractivity contribution in [2.45, 2.75) is 90.9 Å². The summed E-state index contributed by atoms with van der Waals surface area (Å²) in [7, 11) is 0. The smallest absolute Gasteiger partial charge is 0.163 e. The molecule has 76 heavy (non-hydrogen) atoms. The Hall–Kier alpha value is -8.27. The predicted molar refractivity (Wildman–Crippen MR) is 322 cm³/mol. The van der Waals surface area contributed by atoms with Crippen LogP contribution in [0, 0.1) is 0 Å². The van der Waals surface area contributed by atoms with Crippen LogP contribution in [0.1, 0.15) is 103 Å². The van der Waals surface area contributed by atoms with Gasteiger partial charge in [0.15, 0.2) is 11.6 Å². The molecule has 0 spiro atoms. The van der Waals surface area contributed by atoms with Crippen molar-refractivity contribution < 1.29 is 0 Å². The highest BCUT2D eigenvalue weighted by atomic mass is 15.0. The second-order valence-electron chi connectivity index (χ2n) is 25.3. The van der Waals surface area contributed by atoms with Crippen molar-refractivity contribution in [3.63, 3.8) is 0 Å². The molecule has 2 aliphatic rings. The van der Waals surface area contributed by atoms with Gasteiger partial charge in [0.05, 0.1) is 0 Å². The lowest BCUT2D eigenvalue weighted by molar-refractivity contribution is 0.591. The fourth-order valence-corrected chi connectivity index (χ4v) is 13.6. The lowest BCUT2D eigenvalue weighted by Gasteiger charge is -2.24. The zero-order valence-electron chi connectivity index (χ0n) is 45.1. The van der Waals surface area contributed by atoms with Gasteiger partial charge in [0.25, 0.3) is 0 Å². The zero-order chi connectivity index (χ0) is 51.9. The molecule has 3 heteroatoms. The Morgan fingerprint density at radius 1 is 0.316 bits per heavy atom. The van der Waals surface area contributed by atoms with Crippen molar-refractivity contribution in [2.75, 3.05) is 0 Å². The SMILES string of the molecule is CC(C)(C)c1cc2ccc3cc4c(c5ccc(c1)c2c35)-c1ccc(-c2ccc(-c3ncnc(-c5ccc(-c6ccc7c(c6)C(C)(C)c6cc8ccc9cc(C(C)(C)C)cc%10ccc(c6-7)c8c9%10)cc5)n3)cc2)cc1C4(C)C. The molecule has 0 atom stereocenters. The predicted octanol–water partition coefficient (Wildman–Crippen LogP) is 19.5. The maximum absolute atomic E-state index is 5.02. The average Bonchev–Trinajstić information content (AvgIpc) is 3.79. The van der Waals surface area contributed by atoms with Crippen LogP contribution >= 0.6 is 0 Å². The van der Waals surface area contributed by atoms with Crippen molar-refractivity contribution in [1.29, 1.82) is 0 Å². The van der Waals surface area contributed by atoms with Crippen LogP contribution in [0.4, 0.5) is 0 Å². The van der Waals surface area contributed by atoms with E-state index >= 15 is 0 Å². The Bertz CT molecular complexity index is 4280. The van der Waals surface area contributed by atoms with Gasteiger partial charge >= 0.3 is 0 Å². The van der Waals surface area contributed by atoms with E-state index < -0.39 is 0 Å². The van der Waals surface area contributed by atoms with Crippen LogP contribution in [-0.2, 0) is 21.7 Å². The number of nitrogens with zero attached hydrogens (tertiary/aromatic N) is 3. The highest BCUT2D eigenvalue weighted by Crippen LogP contribution is 2.56. The third kappa shape index (κ3) is 6.38. The van der Waals surface area contributed by atoms with E-state index in [1.54, 1.807) is 6.33 Å². The van der Waals surface area contributed by atoms with E-state index in [9.17, 15) is 0 Å². The summed E-state index contributed by atoms with van der Waals surface area (Å²) in [5.41, 5.74) is 20.2. The summed E-state index contributed by atoms with van der Waals surface area (Å²) in [5.74, 6) is 1.32. The molecule has 15 rings (SSSR count). The molecule has 0 saturated heterocycles. The van der Waals surface area contributed by atoms with E-state index in [1.165, 1.54) is 143 Å². The molecule has 1 aromatic heterocycles. The molecule has 12 aromatic carbocycles. The number of fused-ring (bicyclic) bond motifs is 8. The molecule has 0 fully saturated rings. The van der Waals surface area contributed by atoms with Gasteiger partial charge in [0.2, 0.25) is 0 Å². The molecule has 1 heterocycles. The van der Waals surface area contributed by atoms with E-state index in [4.69, 9.17) is 4.98 Å². The number of rotatable bonds is 4. The molecule has 0 saturated carbocycles. The molecule has 0 amide bonds. The maximum Gasteiger partial charge on any atom is 0.163 e. The summed E-state index contributed by atoms with van der Waals surface area (Å²) in [6.07, 6.45) is 1.64. The van der Waals surface area contributed by atoms with Crippen LogP contribution in [0.25, 0.3) is 132 Å². The first-order valence-corrected chi connectivity index (χ1v) is 27.1. The zero-order valence-corrected chi connectivity index (χ0v) is 45.1. The third-order valence-electron chi connectivity index (χ3n) is 18.0. The number of hydrogen-bond acceptors (Lipinski definition) is 3. The maximum atomic E-state index is 5.02. The highest BCUT2D eigenvalue weighted by molar-refractivity contribution is 6.28. The van der Waals surface area contributed by atoms with Gasteiger partial charge in [-0.2, -0.15) is 0 Å². The quantitative estimate of drug-likeness (QED) is 0.165. The molecule has 0 N–H and O–H groups in total. The van der Waals surface area contributed by atoms with Crippen LogP contribution in [0.5, 0.6) is 0 Å². The Labute approximate surface area is 445 Å². The monoisotopic (exact) mass is 977 g/mol. The van der Waals surface area contributed by atoms with Crippen molar-refractivity contribution in [2.24, 2.45) is 0 Å². The van der Waals surface area contributed by atoms with E-state index in [-0.39, 0.29) is 21.7 Å². The molecule has 13 aromatic rings. The van der Waals surface area contributed by atoms with Crippen molar-refractivity contribution in [1.82, 2.24) is 15.0 Å². The molecule has 0 radical (unpaired) electrons. The summed E-state index contributed by atoms with van der Waals surface area (Å²) < 4.78 is 0. The number of aromatic nitrogens is 3. The van der Waals surface area contributed by atoms with E-state index in [0.29, 0.717) is 11.6 Å². The third-order valence-corrected chi connectivity index (χ3v) is 18.0. The Morgan fingerprint density at radius 2 is 0.645 bits per heavy atom. The van der Waals surface area contributed by atoms with Crippen LogP contribution in [0.3, 0.4) is 0 Å². The molecular formula is C73H59N3. The standard InChI is InChI=1S/C73H59N3/c1-70(2,3)52-31-46-19-21-50-37-60-66(56-29-25-48(33-52)62(46)64(50)56)54-27-23-44(35-58(54)72(60,7)8)40-11-15-42(16-12-40)68-74-39-75-69(76-68)43-17-13-41(14-18-43)45-24-28-55-59(36-45)73(9,10)61-38-51-22-20-47-32-53(71(4,5)6)34-49-26-30-57(67(55)61)65(51)63(47)49/h11-39H,1-10H3. The van der Waals surface area contributed by atoms with Gasteiger partial charge in [-0.1, -0.05) is 215 Å². The van der Waals surface area contributed by atoms with Gasteiger partial charge in [0.1, 0.15) is 6.33 Å². The van der Waals surface area contributed by atoms with Crippen LogP contribution in [-0.4, -0.2) is 15.0 Å². The lowest BCUT2D eigenvalue weighted by atomic mass is 9.79. The topological polar surface area (TPSA) is 38.7 Å². The number of hydrogen-bond donors (Lipinski definition) is 0. The minimum atomic E-state index is -0.156. The summed E-state index contributed by atoms with van der Waals surface area (Å²) in [4.78, 5) is 14.3. The molecule has 0 bridgehead atoms. The number of benzene rings is 12. The first-order chi connectivity index (χ1) is 36.4. The van der Waals surface area contributed by atoms with Crippen LogP contribution < -0.4 is 0 Å². The fourth-order valence-electron chi connectivity index (χ4n) is 13.6. The Kier molecular flexibility index (Phi) is 9.03. The molecule has 366 valence electrons. The molecular weight excluding hydrogens is 919 g/mol. The molecule has 3 nitrogen and oxygen atoms in total. The molecule has 0 unspecified atom stereocenters. The van der Waals surface area contributed by atoms with Gasteiger partial charge in [-0.05, 0) is 178 Å². The summed E-state index contributed by atoms with van der Waals surface area (Å²) >= 11 is 0. The summed E-state index contributed by atoms with van der Waals surface area (Å²) in [5, 5.41) is 16.1. The Balaban J connectivity index is 0.709. The van der Waals surface area contributed by atoms with Gasteiger partial charge < -0.3 is 0 Å². The van der Waals surface area contributed by atoms with Gasteiger partial charge in [-0.3, -0.25) is 0 Å². The van der Waals surface area contributed by atoms with Crippen molar-refractivity contribution in [3.05, 3.63) is 210 Å². The summed E-state index contributed by atoms with van der Waals surface area (Å²) in [6.45, 7) is 23.4. The average molecular weight is 978 g/mol. The van der Waals surface area contributed by atoms with Crippen LogP contribution in [0.15, 0.2) is 176 Å². The van der Waals surface area contributed by atoms with Crippen molar-refractivity contribution >= 4 is 64.6 Å². The first-order valence-electron chi connectivity index (χ1n) is 27.1. The van der Waals surface area contributed by atoms with Gasteiger partial charge in [-0.25, -0.2) is 15.0 Å². The van der Waals surface area contributed by atoms with Gasteiger partial charge in [0, 0.05) is 22.0 Å². The summed E-state index contributed by atoms with van der Waals surface area (Å²) in [6, 6.07) is 64.9. The minimum Gasteiger partial charge on any atom is -0.217 e. The van der Waals surface area contributed by atoms with Gasteiger partial charge in [-0.15, -0.1) is 0 Å². The second kappa shape index (κ2) is 15.2. The van der Waals surface area contributed by atoms with E-state index in [2.05, 4.69) is 249 Å². The van der Waals surface area contributed by atoms with E-state index in [1.807, 2.05) is 0 Å². The highest BCUT2D eigenvalue weighted by Gasteiger charge is 2.39. The normalized spacial score (nSPS) is 14.7. The van der Waals surface area contributed by atoms with E-state index in [0.717, 1.165) is 11.1 Å².